The van der Waals surface area contributed by atoms with Crippen LogP contribution in [0.4, 0.5) is 4.79 Å². The Balaban J connectivity index is 1.62. The van der Waals surface area contributed by atoms with Crippen LogP contribution in [0.1, 0.15) is 31.7 Å². The number of aryl methyl sites for hydroxylation is 1. The third-order valence-electron chi connectivity index (χ3n) is 4.27. The van der Waals surface area contributed by atoms with Crippen molar-refractivity contribution in [3.05, 3.63) is 35.9 Å². The molecule has 4 nitrogen and oxygen atoms in total. The van der Waals surface area contributed by atoms with Crippen LogP contribution in [-0.4, -0.2) is 41.8 Å². The van der Waals surface area contributed by atoms with E-state index >= 15 is 0 Å². The molecule has 0 aliphatic carbocycles. The van der Waals surface area contributed by atoms with Crippen LogP contribution in [0.3, 0.4) is 0 Å². The molecule has 1 unspecified atom stereocenters. The quantitative estimate of drug-likeness (QED) is 0.818. The summed E-state index contributed by atoms with van der Waals surface area (Å²) < 4.78 is 0. The first-order chi connectivity index (χ1) is 10.2. The fourth-order valence-electron chi connectivity index (χ4n) is 2.83. The van der Waals surface area contributed by atoms with Gasteiger partial charge in [0.2, 0.25) is 0 Å². The maximum absolute atomic E-state index is 12.0. The second-order valence-electron chi connectivity index (χ2n) is 5.89. The predicted molar refractivity (Wildman–Crippen MR) is 84.1 cm³/mol. The van der Waals surface area contributed by atoms with Gasteiger partial charge in [0.15, 0.2) is 0 Å². The molecule has 1 aromatic carbocycles. The van der Waals surface area contributed by atoms with Gasteiger partial charge in [-0.25, -0.2) is 4.79 Å². The second-order valence-corrected chi connectivity index (χ2v) is 5.89. The van der Waals surface area contributed by atoms with E-state index in [2.05, 4.69) is 17.4 Å². The summed E-state index contributed by atoms with van der Waals surface area (Å²) in [6.07, 6.45) is 3.48. The predicted octanol–water partition coefficient (Wildman–Crippen LogP) is 2.42. The first kappa shape index (κ1) is 15.8. The fraction of sp³-hybridized carbons (Fsp3) is 0.588. The van der Waals surface area contributed by atoms with Gasteiger partial charge in [-0.2, -0.15) is 0 Å². The van der Waals surface area contributed by atoms with Gasteiger partial charge in [-0.1, -0.05) is 30.3 Å². The van der Waals surface area contributed by atoms with E-state index in [1.54, 1.807) is 0 Å². The monoisotopic (exact) mass is 290 g/mol. The normalized spacial score (nSPS) is 17.5. The van der Waals surface area contributed by atoms with E-state index in [0.717, 1.165) is 38.8 Å². The highest BCUT2D eigenvalue weighted by molar-refractivity contribution is 5.74. The molecule has 1 aliphatic rings. The van der Waals surface area contributed by atoms with Crippen LogP contribution in [0.5, 0.6) is 0 Å². The van der Waals surface area contributed by atoms with Gasteiger partial charge < -0.3 is 15.3 Å². The third-order valence-corrected chi connectivity index (χ3v) is 4.27. The number of carbonyl (C=O) groups is 1. The zero-order chi connectivity index (χ0) is 15.1. The zero-order valence-electron chi connectivity index (χ0n) is 12.8. The molecule has 0 saturated carbocycles. The number of urea groups is 1. The molecule has 1 saturated heterocycles. The zero-order valence-corrected chi connectivity index (χ0v) is 12.8. The van der Waals surface area contributed by atoms with Gasteiger partial charge in [-0.3, -0.25) is 0 Å². The summed E-state index contributed by atoms with van der Waals surface area (Å²) in [6, 6.07) is 10.4. The molecule has 4 heteroatoms. The van der Waals surface area contributed by atoms with Crippen molar-refractivity contribution >= 4 is 6.03 Å². The smallest absolute Gasteiger partial charge is 0.317 e. The molecule has 2 rings (SSSR count). The number of benzene rings is 1. The number of hydrogen-bond acceptors (Lipinski definition) is 2. The van der Waals surface area contributed by atoms with Crippen molar-refractivity contribution < 1.29 is 9.90 Å². The molecule has 0 radical (unpaired) electrons. The standard InChI is InChI=1S/C17H26N2O2/c1-14(20)16-9-12-19(13-10-16)17(21)18-11-5-8-15-6-3-2-4-7-15/h2-4,6-7,14,16,20H,5,8-13H2,1H3,(H,18,21). The van der Waals surface area contributed by atoms with Crippen molar-refractivity contribution in [2.45, 2.75) is 38.7 Å². The highest BCUT2D eigenvalue weighted by Gasteiger charge is 2.24. The van der Waals surface area contributed by atoms with Crippen molar-refractivity contribution in [2.75, 3.05) is 19.6 Å². The van der Waals surface area contributed by atoms with E-state index in [-0.39, 0.29) is 12.1 Å². The largest absolute Gasteiger partial charge is 0.393 e. The topological polar surface area (TPSA) is 52.6 Å². The number of aliphatic hydroxyl groups is 1. The number of carbonyl (C=O) groups excluding carboxylic acids is 1. The lowest BCUT2D eigenvalue weighted by Gasteiger charge is -2.33. The first-order valence-corrected chi connectivity index (χ1v) is 7.91. The molecule has 0 aromatic heterocycles. The molecule has 1 aliphatic heterocycles. The van der Waals surface area contributed by atoms with Gasteiger partial charge in [0, 0.05) is 19.6 Å². The van der Waals surface area contributed by atoms with E-state index < -0.39 is 0 Å². The van der Waals surface area contributed by atoms with Gasteiger partial charge in [-0.15, -0.1) is 0 Å². The number of likely N-dealkylation sites (tertiary alicyclic amines) is 1. The van der Waals surface area contributed by atoms with Crippen LogP contribution in [0.25, 0.3) is 0 Å². The van der Waals surface area contributed by atoms with Gasteiger partial charge in [0.1, 0.15) is 0 Å². The molecule has 1 fully saturated rings. The number of amides is 2. The minimum atomic E-state index is -0.263. The van der Waals surface area contributed by atoms with Gasteiger partial charge in [-0.05, 0) is 44.1 Å². The number of rotatable bonds is 5. The summed E-state index contributed by atoms with van der Waals surface area (Å²) in [6.45, 7) is 4.05. The molecule has 2 N–H and O–H groups in total. The van der Waals surface area contributed by atoms with Crippen LogP contribution in [0.15, 0.2) is 30.3 Å². The Morgan fingerprint density at radius 3 is 2.62 bits per heavy atom. The Hall–Kier alpha value is -1.55. The van der Waals surface area contributed by atoms with Crippen molar-refractivity contribution in [2.24, 2.45) is 5.92 Å². The van der Waals surface area contributed by atoms with E-state index in [1.807, 2.05) is 30.0 Å². The molecule has 0 bridgehead atoms. The van der Waals surface area contributed by atoms with Crippen molar-refractivity contribution in [1.29, 1.82) is 0 Å². The minimum absolute atomic E-state index is 0.0344. The number of hydrogen-bond donors (Lipinski definition) is 2. The van der Waals surface area contributed by atoms with Gasteiger partial charge in [0.05, 0.1) is 6.10 Å². The van der Waals surface area contributed by atoms with E-state index in [9.17, 15) is 9.90 Å². The molecule has 1 heterocycles. The van der Waals surface area contributed by atoms with Gasteiger partial charge >= 0.3 is 6.03 Å². The van der Waals surface area contributed by atoms with Crippen molar-refractivity contribution in [3.63, 3.8) is 0 Å². The summed E-state index contributed by atoms with van der Waals surface area (Å²) in [5, 5.41) is 12.6. The Morgan fingerprint density at radius 1 is 1.33 bits per heavy atom. The lowest BCUT2D eigenvalue weighted by atomic mass is 9.92. The average molecular weight is 290 g/mol. The lowest BCUT2D eigenvalue weighted by molar-refractivity contribution is 0.0798. The molecule has 21 heavy (non-hydrogen) atoms. The van der Waals surface area contributed by atoms with Crippen LogP contribution in [0.2, 0.25) is 0 Å². The van der Waals surface area contributed by atoms with Crippen molar-refractivity contribution in [1.82, 2.24) is 10.2 Å². The Morgan fingerprint density at radius 2 is 2.00 bits per heavy atom. The molecule has 1 aromatic rings. The van der Waals surface area contributed by atoms with Crippen LogP contribution in [0, 0.1) is 5.92 Å². The van der Waals surface area contributed by atoms with E-state index in [0.29, 0.717) is 12.5 Å². The summed E-state index contributed by atoms with van der Waals surface area (Å²) >= 11 is 0. The molecule has 0 spiro atoms. The van der Waals surface area contributed by atoms with Gasteiger partial charge in [0.25, 0.3) is 0 Å². The molecular formula is C17H26N2O2. The molecule has 116 valence electrons. The van der Waals surface area contributed by atoms with E-state index in [4.69, 9.17) is 0 Å². The molecule has 1 atom stereocenters. The van der Waals surface area contributed by atoms with Crippen molar-refractivity contribution in [3.8, 4) is 0 Å². The summed E-state index contributed by atoms with van der Waals surface area (Å²) in [5.74, 6) is 0.340. The molecular weight excluding hydrogens is 264 g/mol. The van der Waals surface area contributed by atoms with E-state index in [1.165, 1.54) is 5.56 Å². The number of aliphatic hydroxyl groups excluding tert-OH is 1. The fourth-order valence-corrected chi connectivity index (χ4v) is 2.83. The summed E-state index contributed by atoms with van der Waals surface area (Å²) in [5.41, 5.74) is 1.31. The van der Waals surface area contributed by atoms with Crippen LogP contribution < -0.4 is 5.32 Å². The lowest BCUT2D eigenvalue weighted by Crippen LogP contribution is -2.46. The van der Waals surface area contributed by atoms with Crippen LogP contribution in [-0.2, 0) is 6.42 Å². The maximum Gasteiger partial charge on any atom is 0.317 e. The SMILES string of the molecule is CC(O)C1CCN(C(=O)NCCCc2ccccc2)CC1. The third kappa shape index (κ3) is 5.05. The Labute approximate surface area is 127 Å². The number of piperidine rings is 1. The summed E-state index contributed by atoms with van der Waals surface area (Å²) in [7, 11) is 0. The minimum Gasteiger partial charge on any atom is -0.393 e. The second kappa shape index (κ2) is 8.03. The average Bonchev–Trinajstić information content (AvgIpc) is 2.52. The Kier molecular flexibility index (Phi) is 6.05. The highest BCUT2D eigenvalue weighted by atomic mass is 16.3. The summed E-state index contributed by atoms with van der Waals surface area (Å²) in [4.78, 5) is 13.9. The first-order valence-electron chi connectivity index (χ1n) is 7.91. The van der Waals surface area contributed by atoms with Crippen LogP contribution >= 0.6 is 0 Å². The Bertz CT molecular complexity index is 426. The maximum atomic E-state index is 12.0. The molecule has 2 amide bonds. The number of nitrogens with zero attached hydrogens (tertiary/aromatic N) is 1. The number of nitrogens with one attached hydrogen (secondary N) is 1. The highest BCUT2D eigenvalue weighted by Crippen LogP contribution is 2.20.